The van der Waals surface area contributed by atoms with Crippen LogP contribution in [0.15, 0.2) is 29.6 Å². The van der Waals surface area contributed by atoms with Gasteiger partial charge in [-0.3, -0.25) is 10.1 Å². The van der Waals surface area contributed by atoms with Gasteiger partial charge in [0.2, 0.25) is 17.6 Å². The molecule has 0 saturated carbocycles. The van der Waals surface area contributed by atoms with Gasteiger partial charge in [-0.05, 0) is 23.6 Å². The number of rotatable bonds is 3. The minimum Gasteiger partial charge on any atom is -0.431 e. The van der Waals surface area contributed by atoms with E-state index in [1.165, 1.54) is 17.4 Å². The van der Waals surface area contributed by atoms with Crippen molar-refractivity contribution < 1.29 is 14.1 Å². The summed E-state index contributed by atoms with van der Waals surface area (Å²) in [5.41, 5.74) is 5.08. The summed E-state index contributed by atoms with van der Waals surface area (Å²) in [6, 6.07) is 4.73. The van der Waals surface area contributed by atoms with Gasteiger partial charge in [0, 0.05) is 0 Å². The Morgan fingerprint density at radius 1 is 1.33 bits per heavy atom. The van der Waals surface area contributed by atoms with Crippen LogP contribution in [0.4, 0.5) is 16.0 Å². The van der Waals surface area contributed by atoms with Crippen LogP contribution in [0.25, 0.3) is 10.2 Å². The number of thiophene rings is 1. The third-order valence-corrected chi connectivity index (χ3v) is 3.44. The largest absolute Gasteiger partial charge is 0.431 e. The predicted octanol–water partition coefficient (Wildman–Crippen LogP) is 3.11. The monoisotopic (exact) mass is 306 g/mol. The van der Waals surface area contributed by atoms with Gasteiger partial charge < -0.3 is 10.5 Å². The van der Waals surface area contributed by atoms with Gasteiger partial charge in [-0.15, -0.1) is 11.3 Å². The molecule has 0 atom stereocenters. The van der Waals surface area contributed by atoms with Crippen LogP contribution in [-0.4, -0.2) is 14.9 Å². The maximum Gasteiger partial charge on any atom is 0.314 e. The van der Waals surface area contributed by atoms with Crippen LogP contribution in [0, 0.1) is 15.9 Å². The molecular weight excluding hydrogens is 299 g/mol. The number of hydrogen-bond acceptors (Lipinski definition) is 7. The van der Waals surface area contributed by atoms with Gasteiger partial charge in [0.15, 0.2) is 0 Å². The number of nitro benzene ring substituents is 1. The fraction of sp³-hybridized carbons (Fsp3) is 0. The van der Waals surface area contributed by atoms with E-state index in [0.29, 0.717) is 10.2 Å². The van der Waals surface area contributed by atoms with Gasteiger partial charge in [0.25, 0.3) is 0 Å². The maximum atomic E-state index is 13.1. The standard InChI is InChI=1S/C12H7FN4O3S/c13-6-1-2-9(8(5-6)17(18)19)20-10-7-3-4-21-11(7)16-12(14)15-10/h1-5H,(H2,14,15,16). The first kappa shape index (κ1) is 13.2. The molecule has 3 rings (SSSR count). The number of anilines is 1. The van der Waals surface area contributed by atoms with Gasteiger partial charge in [-0.25, -0.2) is 9.37 Å². The van der Waals surface area contributed by atoms with Gasteiger partial charge in [0.05, 0.1) is 16.4 Å². The summed E-state index contributed by atoms with van der Waals surface area (Å²) in [5, 5.41) is 13.3. The molecule has 7 nitrogen and oxygen atoms in total. The predicted molar refractivity (Wildman–Crippen MR) is 75.0 cm³/mol. The number of hydrogen-bond donors (Lipinski definition) is 1. The van der Waals surface area contributed by atoms with Crippen molar-refractivity contribution in [1.82, 2.24) is 9.97 Å². The summed E-state index contributed by atoms with van der Waals surface area (Å²) in [6.45, 7) is 0. The summed E-state index contributed by atoms with van der Waals surface area (Å²) in [4.78, 5) is 18.8. The lowest BCUT2D eigenvalue weighted by atomic mass is 10.3. The highest BCUT2D eigenvalue weighted by Gasteiger charge is 2.19. The quantitative estimate of drug-likeness (QED) is 0.589. The Bertz CT molecular complexity index is 852. The number of halogens is 1. The normalized spacial score (nSPS) is 10.7. The van der Waals surface area contributed by atoms with Crippen LogP contribution in [0.5, 0.6) is 11.6 Å². The second kappa shape index (κ2) is 4.94. The van der Waals surface area contributed by atoms with Crippen LogP contribution in [0.2, 0.25) is 0 Å². The molecule has 0 fully saturated rings. The van der Waals surface area contributed by atoms with Crippen molar-refractivity contribution in [2.75, 3.05) is 5.73 Å². The number of ether oxygens (including phenoxy) is 1. The van der Waals surface area contributed by atoms with Crippen LogP contribution in [-0.2, 0) is 0 Å². The van der Waals surface area contributed by atoms with Crippen molar-refractivity contribution in [1.29, 1.82) is 0 Å². The minimum absolute atomic E-state index is 0.00952. The average molecular weight is 306 g/mol. The van der Waals surface area contributed by atoms with E-state index in [1.54, 1.807) is 11.4 Å². The zero-order valence-corrected chi connectivity index (χ0v) is 11.1. The van der Waals surface area contributed by atoms with E-state index >= 15 is 0 Å². The molecule has 2 heterocycles. The van der Waals surface area contributed by atoms with Crippen LogP contribution in [0.1, 0.15) is 0 Å². The Morgan fingerprint density at radius 3 is 2.90 bits per heavy atom. The molecule has 0 radical (unpaired) electrons. The topological polar surface area (TPSA) is 104 Å². The Morgan fingerprint density at radius 2 is 2.14 bits per heavy atom. The van der Waals surface area contributed by atoms with Gasteiger partial charge in [-0.1, -0.05) is 0 Å². The van der Waals surface area contributed by atoms with Crippen LogP contribution in [0.3, 0.4) is 0 Å². The number of nitrogen functional groups attached to an aromatic ring is 1. The van der Waals surface area contributed by atoms with Crippen molar-refractivity contribution in [2.45, 2.75) is 0 Å². The highest BCUT2D eigenvalue weighted by atomic mass is 32.1. The first-order valence-electron chi connectivity index (χ1n) is 5.67. The third-order valence-electron chi connectivity index (χ3n) is 2.63. The summed E-state index contributed by atoms with van der Waals surface area (Å²) < 4.78 is 18.6. The molecular formula is C12H7FN4O3S. The minimum atomic E-state index is -0.728. The van der Waals surface area contributed by atoms with E-state index < -0.39 is 16.4 Å². The van der Waals surface area contributed by atoms with Crippen molar-refractivity contribution in [2.24, 2.45) is 0 Å². The SMILES string of the molecule is Nc1nc(Oc2ccc(F)cc2[N+](=O)[O-])c2ccsc2n1. The lowest BCUT2D eigenvalue weighted by Gasteiger charge is -2.07. The van der Waals surface area contributed by atoms with Crippen LogP contribution >= 0.6 is 11.3 Å². The molecule has 1 aromatic carbocycles. The molecule has 0 bridgehead atoms. The van der Waals surface area contributed by atoms with E-state index in [-0.39, 0.29) is 17.6 Å². The van der Waals surface area contributed by atoms with E-state index in [9.17, 15) is 14.5 Å². The second-order valence-corrected chi connectivity index (χ2v) is 4.89. The van der Waals surface area contributed by atoms with Gasteiger partial charge in [-0.2, -0.15) is 4.98 Å². The Kier molecular flexibility index (Phi) is 3.10. The van der Waals surface area contributed by atoms with Crippen molar-refractivity contribution in [3.05, 3.63) is 45.6 Å². The lowest BCUT2D eigenvalue weighted by molar-refractivity contribution is -0.385. The molecule has 2 aromatic heterocycles. The lowest BCUT2D eigenvalue weighted by Crippen LogP contribution is -1.99. The molecule has 106 valence electrons. The zero-order chi connectivity index (χ0) is 15.0. The molecule has 0 amide bonds. The molecule has 0 aliphatic rings. The molecule has 21 heavy (non-hydrogen) atoms. The van der Waals surface area contributed by atoms with Crippen molar-refractivity contribution >= 4 is 33.2 Å². The summed E-state index contributed by atoms with van der Waals surface area (Å²) in [5.74, 6) is -0.762. The molecule has 0 spiro atoms. The highest BCUT2D eigenvalue weighted by Crippen LogP contribution is 2.35. The van der Waals surface area contributed by atoms with E-state index in [4.69, 9.17) is 10.5 Å². The maximum absolute atomic E-state index is 13.1. The smallest absolute Gasteiger partial charge is 0.314 e. The molecule has 0 saturated heterocycles. The molecule has 0 aliphatic carbocycles. The molecule has 3 aromatic rings. The molecule has 0 aliphatic heterocycles. The first-order chi connectivity index (χ1) is 10.0. The van der Waals surface area contributed by atoms with Crippen LogP contribution < -0.4 is 10.5 Å². The van der Waals surface area contributed by atoms with E-state index in [0.717, 1.165) is 12.1 Å². The highest BCUT2D eigenvalue weighted by molar-refractivity contribution is 7.16. The molecule has 9 heteroatoms. The fourth-order valence-corrected chi connectivity index (χ4v) is 2.51. The van der Waals surface area contributed by atoms with Crippen molar-refractivity contribution in [3.8, 4) is 11.6 Å². The number of nitrogens with two attached hydrogens (primary N) is 1. The van der Waals surface area contributed by atoms with Gasteiger partial charge >= 0.3 is 5.69 Å². The number of nitro groups is 1. The number of benzene rings is 1. The number of nitrogens with zero attached hydrogens (tertiary/aromatic N) is 3. The Labute approximate surface area is 121 Å². The molecule has 0 unspecified atom stereocenters. The van der Waals surface area contributed by atoms with E-state index in [2.05, 4.69) is 9.97 Å². The average Bonchev–Trinajstić information content (AvgIpc) is 2.88. The summed E-state index contributed by atoms with van der Waals surface area (Å²) >= 11 is 1.33. The second-order valence-electron chi connectivity index (χ2n) is 4.00. The van der Waals surface area contributed by atoms with E-state index in [1.807, 2.05) is 0 Å². The fourth-order valence-electron chi connectivity index (χ4n) is 1.75. The number of fused-ring (bicyclic) bond motifs is 1. The molecule has 2 N–H and O–H groups in total. The van der Waals surface area contributed by atoms with Gasteiger partial charge in [0.1, 0.15) is 10.6 Å². The Balaban J connectivity index is 2.10. The zero-order valence-electron chi connectivity index (χ0n) is 10.3. The first-order valence-corrected chi connectivity index (χ1v) is 6.55. The summed E-state index contributed by atoms with van der Waals surface area (Å²) in [7, 11) is 0. The van der Waals surface area contributed by atoms with Crippen molar-refractivity contribution in [3.63, 3.8) is 0 Å². The number of aromatic nitrogens is 2. The summed E-state index contributed by atoms with van der Waals surface area (Å²) in [6.07, 6.45) is 0. The Hall–Kier alpha value is -2.81. The third kappa shape index (κ3) is 2.46.